The van der Waals surface area contributed by atoms with Crippen molar-refractivity contribution in [2.24, 2.45) is 0 Å². The van der Waals surface area contributed by atoms with Crippen molar-refractivity contribution in [2.75, 3.05) is 0 Å². The smallest absolute Gasteiger partial charge is 0.109 e. The standard InChI is InChI=1S/C8H14Cl4/c1-6(9)3-2-4-7(10)5-8(11)12/h6-8H,2-5H2,1H3. The third kappa shape index (κ3) is 9.25. The lowest BCUT2D eigenvalue weighted by Gasteiger charge is -2.09. The van der Waals surface area contributed by atoms with E-state index in [0.717, 1.165) is 19.3 Å². The number of hydrogen-bond donors (Lipinski definition) is 0. The Kier molecular flexibility index (Phi) is 8.28. The average Bonchev–Trinajstić information content (AvgIpc) is 1.84. The van der Waals surface area contributed by atoms with Gasteiger partial charge >= 0.3 is 0 Å². The van der Waals surface area contributed by atoms with Gasteiger partial charge in [-0.3, -0.25) is 0 Å². The van der Waals surface area contributed by atoms with Crippen LogP contribution in [0.4, 0.5) is 0 Å². The van der Waals surface area contributed by atoms with Crippen LogP contribution in [0.3, 0.4) is 0 Å². The van der Waals surface area contributed by atoms with Crippen molar-refractivity contribution in [2.45, 2.75) is 48.2 Å². The van der Waals surface area contributed by atoms with Crippen LogP contribution in [0.25, 0.3) is 0 Å². The summed E-state index contributed by atoms with van der Waals surface area (Å²) in [7, 11) is 0. The van der Waals surface area contributed by atoms with E-state index < -0.39 is 0 Å². The van der Waals surface area contributed by atoms with Gasteiger partial charge in [-0.1, -0.05) is 6.42 Å². The van der Waals surface area contributed by atoms with Crippen molar-refractivity contribution in [3.63, 3.8) is 0 Å². The van der Waals surface area contributed by atoms with Crippen LogP contribution in [-0.2, 0) is 0 Å². The highest BCUT2D eigenvalue weighted by atomic mass is 35.5. The summed E-state index contributed by atoms with van der Waals surface area (Å²) in [4.78, 5) is -0.346. The first kappa shape index (κ1) is 13.2. The van der Waals surface area contributed by atoms with E-state index in [4.69, 9.17) is 46.4 Å². The predicted molar refractivity (Wildman–Crippen MR) is 58.9 cm³/mol. The molecule has 0 aromatic rings. The van der Waals surface area contributed by atoms with E-state index in [2.05, 4.69) is 0 Å². The molecule has 2 atom stereocenters. The molecule has 74 valence electrons. The highest BCUT2D eigenvalue weighted by Gasteiger charge is 2.09. The maximum atomic E-state index is 5.95. The second-order valence-electron chi connectivity index (χ2n) is 2.94. The van der Waals surface area contributed by atoms with Crippen molar-refractivity contribution in [1.82, 2.24) is 0 Å². The fourth-order valence-electron chi connectivity index (χ4n) is 0.932. The first-order valence-electron chi connectivity index (χ1n) is 4.08. The van der Waals surface area contributed by atoms with Crippen molar-refractivity contribution in [1.29, 1.82) is 0 Å². The zero-order valence-electron chi connectivity index (χ0n) is 7.07. The van der Waals surface area contributed by atoms with Crippen LogP contribution in [0.2, 0.25) is 0 Å². The molecule has 0 saturated carbocycles. The molecule has 12 heavy (non-hydrogen) atoms. The van der Waals surface area contributed by atoms with Gasteiger partial charge in [-0.15, -0.1) is 46.4 Å². The lowest BCUT2D eigenvalue weighted by atomic mass is 10.1. The Morgan fingerprint density at radius 2 is 1.58 bits per heavy atom. The predicted octanol–water partition coefficient (Wildman–Crippen LogP) is 4.59. The van der Waals surface area contributed by atoms with E-state index in [0.29, 0.717) is 6.42 Å². The van der Waals surface area contributed by atoms with E-state index in [9.17, 15) is 0 Å². The molecule has 0 radical (unpaired) electrons. The van der Waals surface area contributed by atoms with Crippen LogP contribution in [-0.4, -0.2) is 15.6 Å². The van der Waals surface area contributed by atoms with E-state index in [1.807, 2.05) is 6.92 Å². The van der Waals surface area contributed by atoms with Crippen LogP contribution in [0, 0.1) is 0 Å². The molecule has 0 aromatic carbocycles. The summed E-state index contributed by atoms with van der Waals surface area (Å²) in [5.41, 5.74) is 0. The summed E-state index contributed by atoms with van der Waals surface area (Å²) in [6.07, 6.45) is 3.63. The Labute approximate surface area is 94.5 Å². The van der Waals surface area contributed by atoms with Crippen LogP contribution in [0.1, 0.15) is 32.6 Å². The molecule has 0 aliphatic heterocycles. The number of rotatable bonds is 6. The monoisotopic (exact) mass is 250 g/mol. The molecule has 0 rings (SSSR count). The molecule has 0 N–H and O–H groups in total. The molecule has 2 unspecified atom stereocenters. The summed E-state index contributed by atoms with van der Waals surface area (Å²) < 4.78 is 0. The molecule has 0 amide bonds. The van der Waals surface area contributed by atoms with Gasteiger partial charge in [0.15, 0.2) is 0 Å². The maximum absolute atomic E-state index is 5.95. The van der Waals surface area contributed by atoms with Gasteiger partial charge in [0, 0.05) is 10.8 Å². The topological polar surface area (TPSA) is 0 Å². The van der Waals surface area contributed by atoms with Crippen LogP contribution >= 0.6 is 46.4 Å². The van der Waals surface area contributed by atoms with Gasteiger partial charge < -0.3 is 0 Å². The normalized spacial score (nSPS) is 16.5. The zero-order valence-corrected chi connectivity index (χ0v) is 10.1. The van der Waals surface area contributed by atoms with E-state index >= 15 is 0 Å². The molecule has 0 spiro atoms. The maximum Gasteiger partial charge on any atom is 0.109 e. The van der Waals surface area contributed by atoms with Crippen LogP contribution < -0.4 is 0 Å². The van der Waals surface area contributed by atoms with Gasteiger partial charge in [-0.05, 0) is 26.2 Å². The highest BCUT2D eigenvalue weighted by Crippen LogP contribution is 2.19. The Bertz CT molecular complexity index is 103. The lowest BCUT2D eigenvalue weighted by molar-refractivity contribution is 0.629. The first-order chi connectivity index (χ1) is 5.52. The van der Waals surface area contributed by atoms with Crippen molar-refractivity contribution < 1.29 is 0 Å². The zero-order chi connectivity index (χ0) is 9.56. The van der Waals surface area contributed by atoms with Crippen molar-refractivity contribution >= 4 is 46.4 Å². The summed E-state index contributed by atoms with van der Waals surface area (Å²) in [6, 6.07) is 0. The summed E-state index contributed by atoms with van der Waals surface area (Å²) in [5.74, 6) is 0. The Morgan fingerprint density at radius 3 is 2.00 bits per heavy atom. The van der Waals surface area contributed by atoms with Crippen molar-refractivity contribution in [3.8, 4) is 0 Å². The van der Waals surface area contributed by atoms with Gasteiger partial charge in [0.2, 0.25) is 0 Å². The molecule has 0 aromatic heterocycles. The molecule has 0 aliphatic rings. The SMILES string of the molecule is CC(Cl)CCCC(Cl)CC(Cl)Cl. The minimum absolute atomic E-state index is 0.0837. The minimum atomic E-state index is -0.346. The van der Waals surface area contributed by atoms with Crippen LogP contribution in [0.15, 0.2) is 0 Å². The van der Waals surface area contributed by atoms with Crippen LogP contribution in [0.5, 0.6) is 0 Å². The summed E-state index contributed by atoms with van der Waals surface area (Å²) >= 11 is 22.9. The Balaban J connectivity index is 3.25. The molecular formula is C8H14Cl4. The van der Waals surface area contributed by atoms with Gasteiger partial charge in [-0.2, -0.15) is 0 Å². The molecular weight excluding hydrogens is 238 g/mol. The lowest BCUT2D eigenvalue weighted by Crippen LogP contribution is -2.04. The third-order valence-electron chi connectivity index (χ3n) is 1.55. The number of alkyl halides is 4. The largest absolute Gasteiger partial charge is 0.123 e. The van der Waals surface area contributed by atoms with Gasteiger partial charge in [0.05, 0.1) is 0 Å². The Hall–Kier alpha value is 1.16. The quantitative estimate of drug-likeness (QED) is 0.606. The summed E-state index contributed by atoms with van der Waals surface area (Å²) in [5, 5.41) is 0.317. The molecule has 0 nitrogen and oxygen atoms in total. The fourth-order valence-corrected chi connectivity index (χ4v) is 2.03. The average molecular weight is 252 g/mol. The number of halogens is 4. The molecule has 0 heterocycles. The molecule has 0 saturated heterocycles. The molecule has 0 aliphatic carbocycles. The van der Waals surface area contributed by atoms with Gasteiger partial charge in [-0.25, -0.2) is 0 Å². The van der Waals surface area contributed by atoms with Gasteiger partial charge in [0.1, 0.15) is 4.84 Å². The first-order valence-corrected chi connectivity index (χ1v) is 5.83. The molecule has 0 fully saturated rings. The second-order valence-corrected chi connectivity index (χ2v) is 5.58. The van der Waals surface area contributed by atoms with E-state index in [1.165, 1.54) is 0 Å². The highest BCUT2D eigenvalue weighted by molar-refractivity contribution is 6.44. The molecule has 4 heteroatoms. The number of hydrogen-bond acceptors (Lipinski definition) is 0. The second kappa shape index (κ2) is 7.55. The summed E-state index contributed by atoms with van der Waals surface area (Å²) in [6.45, 7) is 1.98. The molecule has 0 bridgehead atoms. The van der Waals surface area contributed by atoms with Gasteiger partial charge in [0.25, 0.3) is 0 Å². The van der Waals surface area contributed by atoms with E-state index in [1.54, 1.807) is 0 Å². The third-order valence-corrected chi connectivity index (χ3v) is 2.52. The minimum Gasteiger partial charge on any atom is -0.123 e. The van der Waals surface area contributed by atoms with E-state index in [-0.39, 0.29) is 15.6 Å². The van der Waals surface area contributed by atoms with Crippen molar-refractivity contribution in [3.05, 3.63) is 0 Å². The Morgan fingerprint density at radius 1 is 1.00 bits per heavy atom. The fraction of sp³-hybridized carbons (Fsp3) is 1.00.